The summed E-state index contributed by atoms with van der Waals surface area (Å²) in [5.74, 6) is 0. The van der Waals surface area contributed by atoms with Crippen LogP contribution in [-0.2, 0) is 8.85 Å². The zero-order valence-electron chi connectivity index (χ0n) is 13.5. The summed E-state index contributed by atoms with van der Waals surface area (Å²) in [6, 6.07) is 0. The Bertz CT molecular complexity index is 242. The van der Waals surface area contributed by atoms with E-state index in [4.69, 9.17) is 21.5 Å². The van der Waals surface area contributed by atoms with Crippen molar-refractivity contribution in [1.29, 1.82) is 0 Å². The van der Waals surface area contributed by atoms with Crippen LogP contribution in [0, 0.1) is 5.41 Å². The van der Waals surface area contributed by atoms with Gasteiger partial charge in [0.25, 0.3) is 0 Å². The van der Waals surface area contributed by atoms with Crippen molar-refractivity contribution in [2.45, 2.75) is 64.7 Å². The van der Waals surface area contributed by atoms with Gasteiger partial charge in [-0.15, -0.1) is 0 Å². The zero-order chi connectivity index (χ0) is 14.6. The molecule has 0 fully saturated rings. The summed E-state index contributed by atoms with van der Waals surface area (Å²) in [5.41, 5.74) is 0.251. The van der Waals surface area contributed by atoms with Crippen LogP contribution in [-0.4, -0.2) is 34.6 Å². The van der Waals surface area contributed by atoms with E-state index in [0.717, 1.165) is 19.6 Å². The largest absolute Gasteiger partial charge is 0.396 e. The fourth-order valence-electron chi connectivity index (χ4n) is 2.14. The first-order valence-electron chi connectivity index (χ1n) is 6.93. The highest BCUT2D eigenvalue weighted by Crippen LogP contribution is 2.41. The van der Waals surface area contributed by atoms with Gasteiger partial charge in [0, 0.05) is 17.2 Å². The molecule has 0 bridgehead atoms. The average Bonchev–Trinajstić information content (AvgIpc) is 2.12. The second-order valence-corrected chi connectivity index (χ2v) is 17.1. The van der Waals surface area contributed by atoms with Gasteiger partial charge in [-0.05, 0) is 25.7 Å². The maximum absolute atomic E-state index is 5.99. The van der Waals surface area contributed by atoms with E-state index in [9.17, 15) is 0 Å². The second-order valence-electron chi connectivity index (χ2n) is 7.15. The van der Waals surface area contributed by atoms with Crippen LogP contribution in [0.3, 0.4) is 0 Å². The van der Waals surface area contributed by atoms with Crippen LogP contribution >= 0.6 is 12.6 Å². The highest BCUT2D eigenvalue weighted by atomic mass is 32.1. The van der Waals surface area contributed by atoms with E-state index in [1.807, 2.05) is 0 Å². The van der Waals surface area contributed by atoms with E-state index in [1.54, 1.807) is 0 Å². The number of hydrogen-bond donors (Lipinski definition) is 1. The fourth-order valence-corrected chi connectivity index (χ4v) is 9.48. The molecule has 0 saturated carbocycles. The molecule has 0 radical (unpaired) electrons. The van der Waals surface area contributed by atoms with Crippen molar-refractivity contribution in [3.63, 3.8) is 0 Å². The molecular weight excluding hydrogens is 276 g/mol. The average molecular weight is 309 g/mol. The molecule has 2 nitrogen and oxygen atoms in total. The summed E-state index contributed by atoms with van der Waals surface area (Å²) < 4.78 is 12.0. The van der Waals surface area contributed by atoms with Crippen LogP contribution < -0.4 is 0 Å². The van der Waals surface area contributed by atoms with Crippen molar-refractivity contribution in [3.8, 4) is 0 Å². The minimum absolute atomic E-state index is 0.0305. The highest BCUT2D eigenvalue weighted by Gasteiger charge is 2.51. The Morgan fingerprint density at radius 2 is 1.39 bits per heavy atom. The molecule has 0 saturated heterocycles. The minimum atomic E-state index is -1.76. The number of thiol groups is 1. The Hall–Kier alpha value is 0.704. The van der Waals surface area contributed by atoms with Crippen LogP contribution in [0.15, 0.2) is 0 Å². The molecule has 0 aliphatic rings. The molecule has 0 N–H and O–H groups in total. The lowest BCUT2D eigenvalue weighted by molar-refractivity contribution is 0.199. The molecule has 0 unspecified atom stereocenters. The van der Waals surface area contributed by atoms with Gasteiger partial charge in [0.15, 0.2) is 0 Å². The number of rotatable bonds is 7. The van der Waals surface area contributed by atoms with Crippen molar-refractivity contribution in [2.24, 2.45) is 5.41 Å². The van der Waals surface area contributed by atoms with E-state index in [-0.39, 0.29) is 9.41 Å². The third-order valence-corrected chi connectivity index (χ3v) is 14.3. The maximum Gasteiger partial charge on any atom is 0.334 e. The lowest BCUT2D eigenvalue weighted by Gasteiger charge is -2.46. The Morgan fingerprint density at radius 1 is 1.00 bits per heavy atom. The maximum atomic E-state index is 5.99. The smallest absolute Gasteiger partial charge is 0.334 e. The molecule has 18 heavy (non-hydrogen) atoms. The monoisotopic (exact) mass is 308 g/mol. The molecule has 0 amide bonds. The Kier molecular flexibility index (Phi) is 7.20. The van der Waals surface area contributed by atoms with Crippen LogP contribution in [0.5, 0.6) is 0 Å². The standard InChI is InChI=1S/C13H32O2SSi2/c1-9-14-17(15-10-2)13(16,18(6,7)8)11-12(3,4)5/h16-17H,9-11H2,1-8H3/t13-/m1/s1. The van der Waals surface area contributed by atoms with Crippen LogP contribution in [0.1, 0.15) is 41.0 Å². The zero-order valence-corrected chi connectivity index (χ0v) is 16.5. The molecule has 5 heteroatoms. The molecule has 110 valence electrons. The second kappa shape index (κ2) is 6.93. The summed E-state index contributed by atoms with van der Waals surface area (Å²) in [7, 11) is -3.24. The Labute approximate surface area is 122 Å². The molecular formula is C13H32O2SSi2. The van der Waals surface area contributed by atoms with Gasteiger partial charge in [-0.25, -0.2) is 0 Å². The first kappa shape index (κ1) is 18.7. The first-order chi connectivity index (χ1) is 7.98. The SMILES string of the molecule is CCO[SiH](OCC)[C@](S)(CC(C)(C)C)[Si](C)(C)C. The molecule has 0 aliphatic heterocycles. The van der Waals surface area contributed by atoms with Gasteiger partial charge in [-0.1, -0.05) is 40.4 Å². The molecule has 0 spiro atoms. The van der Waals surface area contributed by atoms with Gasteiger partial charge in [0.2, 0.25) is 0 Å². The summed E-state index contributed by atoms with van der Waals surface area (Å²) in [6.45, 7) is 19.5. The van der Waals surface area contributed by atoms with Gasteiger partial charge in [0.05, 0.1) is 8.07 Å². The summed E-state index contributed by atoms with van der Waals surface area (Å²) in [5, 5.41) is 0. The summed E-state index contributed by atoms with van der Waals surface area (Å²) in [6.07, 6.45) is 1.07. The van der Waals surface area contributed by atoms with Crippen LogP contribution in [0.25, 0.3) is 0 Å². The molecule has 0 aromatic carbocycles. The van der Waals surface area contributed by atoms with Crippen LogP contribution in [0.2, 0.25) is 19.6 Å². The summed E-state index contributed by atoms with van der Waals surface area (Å²) >= 11 is 5.13. The molecule has 0 aliphatic carbocycles. The molecule has 0 heterocycles. The van der Waals surface area contributed by atoms with Gasteiger partial charge >= 0.3 is 9.28 Å². The first-order valence-corrected chi connectivity index (χ1v) is 12.4. The third kappa shape index (κ3) is 5.37. The topological polar surface area (TPSA) is 18.5 Å². The lowest BCUT2D eigenvalue weighted by atomic mass is 9.93. The van der Waals surface area contributed by atoms with Gasteiger partial charge in [0.1, 0.15) is 0 Å². The van der Waals surface area contributed by atoms with E-state index in [0.29, 0.717) is 0 Å². The Balaban J connectivity index is 5.29. The molecule has 1 atom stereocenters. The van der Waals surface area contributed by atoms with E-state index >= 15 is 0 Å². The van der Waals surface area contributed by atoms with E-state index < -0.39 is 17.4 Å². The van der Waals surface area contributed by atoms with Crippen molar-refractivity contribution in [2.75, 3.05) is 13.2 Å². The van der Waals surface area contributed by atoms with Crippen molar-refractivity contribution in [1.82, 2.24) is 0 Å². The van der Waals surface area contributed by atoms with Crippen LogP contribution in [0.4, 0.5) is 0 Å². The van der Waals surface area contributed by atoms with Gasteiger partial charge in [-0.2, -0.15) is 12.6 Å². The predicted molar refractivity (Wildman–Crippen MR) is 89.5 cm³/mol. The summed E-state index contributed by atoms with van der Waals surface area (Å²) in [4.78, 5) is 0. The van der Waals surface area contributed by atoms with Crippen molar-refractivity contribution < 1.29 is 8.85 Å². The fraction of sp³-hybridized carbons (Fsp3) is 1.00. The number of hydrogen-bond acceptors (Lipinski definition) is 3. The van der Waals surface area contributed by atoms with Gasteiger partial charge in [-0.3, -0.25) is 0 Å². The lowest BCUT2D eigenvalue weighted by Crippen LogP contribution is -2.62. The Morgan fingerprint density at radius 3 is 1.61 bits per heavy atom. The molecule has 0 aromatic heterocycles. The predicted octanol–water partition coefficient (Wildman–Crippen LogP) is 3.80. The quantitative estimate of drug-likeness (QED) is 0.569. The highest BCUT2D eigenvalue weighted by molar-refractivity contribution is 7.86. The van der Waals surface area contributed by atoms with Crippen molar-refractivity contribution in [3.05, 3.63) is 0 Å². The minimum Gasteiger partial charge on any atom is -0.396 e. The van der Waals surface area contributed by atoms with Crippen molar-refractivity contribution >= 4 is 30.0 Å². The van der Waals surface area contributed by atoms with Gasteiger partial charge < -0.3 is 8.85 Å². The third-order valence-electron chi connectivity index (χ3n) is 3.12. The van der Waals surface area contributed by atoms with E-state index in [1.165, 1.54) is 0 Å². The molecule has 0 rings (SSSR count). The normalized spacial score (nSPS) is 17.0. The van der Waals surface area contributed by atoms with E-state index in [2.05, 4.69) is 54.3 Å². The molecule has 0 aromatic rings.